The highest BCUT2D eigenvalue weighted by Gasteiger charge is 2.70. The van der Waals surface area contributed by atoms with Gasteiger partial charge in [-0.1, -0.05) is 0 Å². The maximum Gasteiger partial charge on any atom is 0.433 e. The van der Waals surface area contributed by atoms with Gasteiger partial charge >= 0.3 is 17.3 Å². The topological polar surface area (TPSA) is 54.0 Å². The number of urea groups is 1. The molecule has 5 nitrogen and oxygen atoms in total. The number of benzene rings is 1. The maximum absolute atomic E-state index is 13.0. The molecule has 1 aromatic carbocycles. The molecule has 146 valence electrons. The number of thioether (sulfide) groups is 1. The summed E-state index contributed by atoms with van der Waals surface area (Å²) in [6.45, 7) is 2.34. The molecule has 2 aliphatic heterocycles. The summed E-state index contributed by atoms with van der Waals surface area (Å²) in [6.07, 6.45) is 1.34. The third-order valence-electron chi connectivity index (χ3n) is 5.23. The van der Waals surface area contributed by atoms with Gasteiger partial charge in [-0.25, -0.2) is 10.1 Å². The van der Waals surface area contributed by atoms with Gasteiger partial charge in [0.05, 0.1) is 5.56 Å². The van der Waals surface area contributed by atoms with Crippen LogP contribution in [0, 0.1) is 6.92 Å². The van der Waals surface area contributed by atoms with E-state index in [0.717, 1.165) is 23.3 Å². The van der Waals surface area contributed by atoms with Crippen molar-refractivity contribution in [1.29, 1.82) is 0 Å². The number of pyridine rings is 1. The van der Waals surface area contributed by atoms with Crippen LogP contribution in [-0.2, 0) is 12.6 Å². The van der Waals surface area contributed by atoms with E-state index in [2.05, 4.69) is 15.6 Å². The van der Waals surface area contributed by atoms with Crippen molar-refractivity contribution in [3.8, 4) is 0 Å². The lowest BCUT2D eigenvalue weighted by Crippen LogP contribution is -2.90. The summed E-state index contributed by atoms with van der Waals surface area (Å²) in [4.78, 5) is 16.9. The van der Waals surface area contributed by atoms with Crippen LogP contribution < -0.4 is 15.1 Å². The Morgan fingerprint density at radius 3 is 2.54 bits per heavy atom. The third-order valence-corrected chi connectivity index (χ3v) is 6.38. The molecule has 1 spiro atoms. The largest absolute Gasteiger partial charge is 0.433 e. The van der Waals surface area contributed by atoms with E-state index in [9.17, 15) is 18.0 Å². The molecule has 1 saturated heterocycles. The second-order valence-electron chi connectivity index (χ2n) is 6.77. The van der Waals surface area contributed by atoms with E-state index in [1.807, 2.05) is 18.4 Å². The van der Waals surface area contributed by atoms with Crippen molar-refractivity contribution in [3.63, 3.8) is 0 Å². The second-order valence-corrected chi connectivity index (χ2v) is 7.87. The van der Waals surface area contributed by atoms with Gasteiger partial charge in [-0.05, 0) is 53.4 Å². The fourth-order valence-electron chi connectivity index (χ4n) is 3.67. The lowest BCUT2D eigenvalue weighted by Gasteiger charge is -2.54. The van der Waals surface area contributed by atoms with Gasteiger partial charge < -0.3 is 5.32 Å². The van der Waals surface area contributed by atoms with Crippen molar-refractivity contribution in [2.75, 3.05) is 6.54 Å². The number of aromatic nitrogens is 1. The number of nitrogens with one attached hydrogen (secondary N) is 2. The Balaban J connectivity index is 1.72. The van der Waals surface area contributed by atoms with Crippen molar-refractivity contribution in [2.24, 2.45) is 0 Å². The fourth-order valence-corrected chi connectivity index (χ4v) is 4.74. The third kappa shape index (κ3) is 2.77. The molecule has 0 radical (unpaired) electrons. The minimum atomic E-state index is -4.42. The first kappa shape index (κ1) is 18.8. The number of carbonyl (C=O) groups excluding carboxylic acids is 1. The van der Waals surface area contributed by atoms with Crippen LogP contribution in [0.25, 0.3) is 0 Å². The van der Waals surface area contributed by atoms with Crippen molar-refractivity contribution in [2.45, 2.75) is 24.6 Å². The van der Waals surface area contributed by atoms with E-state index < -0.39 is 16.9 Å². The molecule has 28 heavy (non-hydrogen) atoms. The molecule has 0 saturated carbocycles. The molecule has 0 bridgehead atoms. The van der Waals surface area contributed by atoms with E-state index in [1.54, 1.807) is 18.6 Å². The zero-order valence-corrected chi connectivity index (χ0v) is 15.8. The Morgan fingerprint density at radius 2 is 1.96 bits per heavy atom. The summed E-state index contributed by atoms with van der Waals surface area (Å²) >= 11 is 1.40. The van der Waals surface area contributed by atoms with Crippen LogP contribution in [0.2, 0.25) is 0 Å². The zero-order valence-electron chi connectivity index (χ0n) is 15.0. The van der Waals surface area contributed by atoms with Crippen molar-refractivity contribution in [1.82, 2.24) is 20.1 Å². The molecular weight excluding hydrogens is 389 g/mol. The van der Waals surface area contributed by atoms with E-state index in [0.29, 0.717) is 18.7 Å². The van der Waals surface area contributed by atoms with Crippen LogP contribution >= 0.6 is 11.8 Å². The van der Waals surface area contributed by atoms with E-state index >= 15 is 0 Å². The van der Waals surface area contributed by atoms with E-state index in [4.69, 9.17) is 0 Å². The quantitative estimate of drug-likeness (QED) is 0.750. The summed E-state index contributed by atoms with van der Waals surface area (Å²) in [6, 6.07) is 6.48. The summed E-state index contributed by atoms with van der Waals surface area (Å²) in [5.74, 6) is 0. The van der Waals surface area contributed by atoms with Crippen LogP contribution in [0.4, 0.5) is 23.7 Å². The van der Waals surface area contributed by atoms with Gasteiger partial charge in [0.1, 0.15) is 12.2 Å². The maximum atomic E-state index is 13.0. The Kier molecular flexibility index (Phi) is 4.39. The first-order valence-corrected chi connectivity index (χ1v) is 9.55. The molecule has 1 fully saturated rings. The second kappa shape index (κ2) is 6.52. The van der Waals surface area contributed by atoms with Crippen LogP contribution in [0.3, 0.4) is 0 Å². The number of nitrogens with zero attached hydrogens (tertiary/aromatic N) is 2. The highest BCUT2D eigenvalue weighted by molar-refractivity contribution is 8.03. The monoisotopic (exact) mass is 407 g/mol. The van der Waals surface area contributed by atoms with Gasteiger partial charge in [-0.15, -0.1) is 0 Å². The molecule has 2 unspecified atom stereocenters. The predicted octanol–water partition coefficient (Wildman–Crippen LogP) is 4.10. The molecule has 9 heteroatoms. The number of hydrogen-bond donors (Lipinski definition) is 2. The summed E-state index contributed by atoms with van der Waals surface area (Å²) in [5.41, 5.74) is 1.82. The molecule has 2 aromatic rings. The first-order chi connectivity index (χ1) is 13.3. The van der Waals surface area contributed by atoms with Crippen LogP contribution in [0.5, 0.6) is 0 Å². The van der Waals surface area contributed by atoms with Gasteiger partial charge in [0, 0.05) is 37.1 Å². The summed E-state index contributed by atoms with van der Waals surface area (Å²) in [7, 11) is 0. The van der Waals surface area contributed by atoms with Gasteiger partial charge in [-0.3, -0.25) is 4.98 Å². The van der Waals surface area contributed by atoms with Gasteiger partial charge in [0.25, 0.3) is 0 Å². The average molecular weight is 407 g/mol. The predicted molar refractivity (Wildman–Crippen MR) is 102 cm³/mol. The highest BCUT2D eigenvalue weighted by Crippen LogP contribution is 2.47. The smallest absolute Gasteiger partial charge is 0.311 e. The number of hydrogen-bond acceptors (Lipinski definition) is 4. The number of amides is 2. The molecule has 2 N–H and O–H groups in total. The molecule has 2 aliphatic rings. The highest BCUT2D eigenvalue weighted by atomic mass is 32.2. The molecule has 1 aromatic heterocycles. The average Bonchev–Trinajstić information content (AvgIpc) is 3.14. The molecule has 2 atom stereocenters. The van der Waals surface area contributed by atoms with Crippen molar-refractivity contribution < 1.29 is 18.0 Å². The lowest BCUT2D eigenvalue weighted by atomic mass is 10.0. The Hall–Kier alpha value is -2.52. The number of quaternary nitrogens is 1. The van der Waals surface area contributed by atoms with Gasteiger partial charge in [-0.2, -0.15) is 17.7 Å². The van der Waals surface area contributed by atoms with Crippen LogP contribution in [-0.4, -0.2) is 22.7 Å². The Labute approximate surface area is 164 Å². The van der Waals surface area contributed by atoms with E-state index in [-0.39, 0.29) is 10.5 Å². The van der Waals surface area contributed by atoms with Gasteiger partial charge in [0.15, 0.2) is 0 Å². The standard InChI is InChI=1S/C19H17F3N4OS/c1-13-12-23-8-6-14(13)7-10-26(17(27)25-19(26)24-9-11-28-19)16-4-2-15(3-5-16)18(20,21)22/h2-6,8-9,11-12,24H,7,10H2,1H3/p+1. The normalized spacial score (nSPS) is 26.1. The molecular formula is C19H18F3N4OS+. The first-order valence-electron chi connectivity index (χ1n) is 8.67. The number of aryl methyl sites for hydroxylation is 1. The zero-order chi connectivity index (χ0) is 20.0. The molecule has 4 rings (SSSR count). The summed E-state index contributed by atoms with van der Waals surface area (Å²) < 4.78 is 38.8. The number of halogens is 3. The Bertz CT molecular complexity index is 937. The number of rotatable bonds is 4. The number of carbonyl (C=O) groups is 1. The fraction of sp³-hybridized carbons (Fsp3) is 0.263. The van der Waals surface area contributed by atoms with Crippen LogP contribution in [0.1, 0.15) is 16.7 Å². The number of alkyl halides is 3. The van der Waals surface area contributed by atoms with Crippen molar-refractivity contribution >= 4 is 23.5 Å². The van der Waals surface area contributed by atoms with Crippen LogP contribution in [0.15, 0.2) is 54.3 Å². The minimum absolute atomic E-state index is 0.134. The lowest BCUT2D eigenvalue weighted by molar-refractivity contribution is -0.137. The Morgan fingerprint density at radius 1 is 1.21 bits per heavy atom. The summed E-state index contributed by atoms with van der Waals surface area (Å²) in [5, 5.41) is 7.04. The SMILES string of the molecule is Cc1cnccc1CC[N+]1(c2ccc(C(F)(F)F)cc2)C(=O)NC12NC=CS2. The molecule has 3 heterocycles. The molecule has 2 amide bonds. The minimum Gasteiger partial charge on any atom is -0.311 e. The molecule has 0 aliphatic carbocycles. The van der Waals surface area contributed by atoms with Crippen molar-refractivity contribution in [3.05, 3.63) is 71.0 Å². The van der Waals surface area contributed by atoms with E-state index in [1.165, 1.54) is 23.9 Å². The van der Waals surface area contributed by atoms with Gasteiger partial charge in [0.2, 0.25) is 0 Å².